The van der Waals surface area contributed by atoms with E-state index in [0.29, 0.717) is 0 Å². The summed E-state index contributed by atoms with van der Waals surface area (Å²) in [5.74, 6) is -0.773. The fourth-order valence-corrected chi connectivity index (χ4v) is 2.20. The predicted molar refractivity (Wildman–Crippen MR) is 76.3 cm³/mol. The van der Waals surface area contributed by atoms with Gasteiger partial charge in [0.15, 0.2) is 0 Å². The first-order chi connectivity index (χ1) is 9.17. The van der Waals surface area contributed by atoms with Crippen molar-refractivity contribution >= 4 is 5.97 Å². The molecular formula is C15H26N2O2. The van der Waals surface area contributed by atoms with E-state index in [4.69, 9.17) is 5.11 Å². The van der Waals surface area contributed by atoms with Gasteiger partial charge < -0.3 is 5.11 Å². The van der Waals surface area contributed by atoms with Crippen LogP contribution in [-0.2, 0) is 24.2 Å². The third-order valence-corrected chi connectivity index (χ3v) is 3.27. The van der Waals surface area contributed by atoms with Gasteiger partial charge in [0, 0.05) is 18.3 Å². The predicted octanol–water partition coefficient (Wildman–Crippen LogP) is 3.43. The molecule has 0 spiro atoms. The Labute approximate surface area is 115 Å². The number of carbonyl (C=O) groups is 1. The van der Waals surface area contributed by atoms with E-state index in [1.807, 2.05) is 10.9 Å². The minimum absolute atomic E-state index is 0.0925. The molecule has 4 heteroatoms. The van der Waals surface area contributed by atoms with Crippen molar-refractivity contribution in [3.8, 4) is 0 Å². The molecule has 0 bridgehead atoms. The first-order valence-electron chi connectivity index (χ1n) is 7.44. The molecule has 0 saturated heterocycles. The van der Waals surface area contributed by atoms with Crippen LogP contribution in [0.5, 0.6) is 0 Å². The summed E-state index contributed by atoms with van der Waals surface area (Å²) < 4.78 is 1.93. The maximum atomic E-state index is 10.9. The van der Waals surface area contributed by atoms with Gasteiger partial charge in [0.25, 0.3) is 0 Å². The first-order valence-corrected chi connectivity index (χ1v) is 7.44. The van der Waals surface area contributed by atoms with E-state index in [1.54, 1.807) is 0 Å². The zero-order valence-corrected chi connectivity index (χ0v) is 12.2. The topological polar surface area (TPSA) is 55.1 Å². The molecule has 0 saturated carbocycles. The molecular weight excluding hydrogens is 240 g/mol. The van der Waals surface area contributed by atoms with E-state index in [9.17, 15) is 4.79 Å². The highest BCUT2D eigenvalue weighted by Crippen LogP contribution is 2.13. The largest absolute Gasteiger partial charge is 0.481 e. The Morgan fingerprint density at radius 2 is 1.89 bits per heavy atom. The Bertz CT molecular complexity index is 385. The molecule has 0 amide bonds. The number of aromatic nitrogens is 2. The number of rotatable bonds is 10. The van der Waals surface area contributed by atoms with Crippen molar-refractivity contribution in [2.45, 2.75) is 71.8 Å². The lowest BCUT2D eigenvalue weighted by molar-refractivity contribution is -0.136. The van der Waals surface area contributed by atoms with E-state index < -0.39 is 5.97 Å². The summed E-state index contributed by atoms with van der Waals surface area (Å²) in [5, 5.41) is 13.5. The highest BCUT2D eigenvalue weighted by atomic mass is 16.4. The van der Waals surface area contributed by atoms with Crippen molar-refractivity contribution in [1.82, 2.24) is 9.78 Å². The standard InChI is InChI=1S/C15H26N2O2/c1-3-5-7-9-14-13(11-15(18)19)12-17(16-14)10-8-6-4-2/h12H,3-11H2,1-2H3,(H,18,19). The van der Waals surface area contributed by atoms with Gasteiger partial charge in [-0.3, -0.25) is 9.48 Å². The fraction of sp³-hybridized carbons (Fsp3) is 0.733. The molecule has 0 aliphatic rings. The number of aryl methyl sites for hydroxylation is 2. The highest BCUT2D eigenvalue weighted by Gasteiger charge is 2.11. The summed E-state index contributed by atoms with van der Waals surface area (Å²) in [7, 11) is 0. The Hall–Kier alpha value is -1.32. The van der Waals surface area contributed by atoms with Gasteiger partial charge in [0.1, 0.15) is 0 Å². The van der Waals surface area contributed by atoms with Crippen LogP contribution in [0.2, 0.25) is 0 Å². The summed E-state index contributed by atoms with van der Waals surface area (Å²) in [6.45, 7) is 5.24. The Balaban J connectivity index is 2.65. The van der Waals surface area contributed by atoms with E-state index in [2.05, 4.69) is 18.9 Å². The van der Waals surface area contributed by atoms with Gasteiger partial charge in [0.2, 0.25) is 0 Å². The molecule has 0 atom stereocenters. The number of hydrogen-bond acceptors (Lipinski definition) is 2. The van der Waals surface area contributed by atoms with Gasteiger partial charge in [-0.15, -0.1) is 0 Å². The molecule has 0 aliphatic heterocycles. The van der Waals surface area contributed by atoms with Crippen LogP contribution in [0.25, 0.3) is 0 Å². The maximum absolute atomic E-state index is 10.9. The Morgan fingerprint density at radius 1 is 1.21 bits per heavy atom. The van der Waals surface area contributed by atoms with Crippen LogP contribution in [0.4, 0.5) is 0 Å². The van der Waals surface area contributed by atoms with Gasteiger partial charge in [-0.05, 0) is 19.3 Å². The second kappa shape index (κ2) is 8.73. The summed E-state index contributed by atoms with van der Waals surface area (Å²) in [6, 6.07) is 0. The SMILES string of the molecule is CCCCCc1nn(CCCCC)cc1CC(=O)O. The average Bonchev–Trinajstić information content (AvgIpc) is 2.72. The molecule has 1 heterocycles. The third-order valence-electron chi connectivity index (χ3n) is 3.27. The molecule has 4 nitrogen and oxygen atoms in total. The monoisotopic (exact) mass is 266 g/mol. The van der Waals surface area contributed by atoms with E-state index in [0.717, 1.165) is 37.1 Å². The lowest BCUT2D eigenvalue weighted by Crippen LogP contribution is -2.02. The molecule has 0 aliphatic carbocycles. The second-order valence-corrected chi connectivity index (χ2v) is 5.10. The molecule has 1 N–H and O–H groups in total. The number of unbranched alkanes of at least 4 members (excludes halogenated alkanes) is 4. The molecule has 0 radical (unpaired) electrons. The third kappa shape index (κ3) is 5.90. The Kier molecular flexibility index (Phi) is 7.23. The normalized spacial score (nSPS) is 10.8. The van der Waals surface area contributed by atoms with E-state index in [-0.39, 0.29) is 6.42 Å². The van der Waals surface area contributed by atoms with Crippen LogP contribution in [0.15, 0.2) is 6.20 Å². The smallest absolute Gasteiger partial charge is 0.307 e. The minimum atomic E-state index is -0.773. The van der Waals surface area contributed by atoms with Crippen LogP contribution in [-0.4, -0.2) is 20.9 Å². The molecule has 1 rings (SSSR count). The molecule has 0 aromatic carbocycles. The van der Waals surface area contributed by atoms with Gasteiger partial charge in [-0.2, -0.15) is 5.10 Å². The van der Waals surface area contributed by atoms with Crippen LogP contribution < -0.4 is 0 Å². The molecule has 108 valence electrons. The minimum Gasteiger partial charge on any atom is -0.481 e. The lowest BCUT2D eigenvalue weighted by Gasteiger charge is -2.00. The average molecular weight is 266 g/mol. The maximum Gasteiger partial charge on any atom is 0.307 e. The summed E-state index contributed by atoms with van der Waals surface area (Å²) >= 11 is 0. The van der Waals surface area contributed by atoms with Crippen molar-refractivity contribution in [1.29, 1.82) is 0 Å². The summed E-state index contributed by atoms with van der Waals surface area (Å²) in [6.07, 6.45) is 9.85. The van der Waals surface area contributed by atoms with Crippen LogP contribution in [0, 0.1) is 0 Å². The van der Waals surface area contributed by atoms with Gasteiger partial charge in [0.05, 0.1) is 12.1 Å². The van der Waals surface area contributed by atoms with Crippen LogP contribution >= 0.6 is 0 Å². The van der Waals surface area contributed by atoms with Crippen molar-refractivity contribution < 1.29 is 9.90 Å². The van der Waals surface area contributed by atoms with Crippen molar-refractivity contribution in [3.63, 3.8) is 0 Å². The number of carboxylic acids is 1. The number of carboxylic acid groups (broad SMARTS) is 1. The Morgan fingerprint density at radius 3 is 2.53 bits per heavy atom. The number of nitrogens with zero attached hydrogens (tertiary/aromatic N) is 2. The van der Waals surface area contributed by atoms with Gasteiger partial charge in [-0.1, -0.05) is 39.5 Å². The number of hydrogen-bond donors (Lipinski definition) is 1. The van der Waals surface area contributed by atoms with Crippen molar-refractivity contribution in [2.24, 2.45) is 0 Å². The van der Waals surface area contributed by atoms with E-state index in [1.165, 1.54) is 25.7 Å². The summed E-state index contributed by atoms with van der Waals surface area (Å²) in [4.78, 5) is 10.9. The quantitative estimate of drug-likeness (QED) is 0.660. The second-order valence-electron chi connectivity index (χ2n) is 5.10. The van der Waals surface area contributed by atoms with Crippen LogP contribution in [0.1, 0.15) is 63.6 Å². The summed E-state index contributed by atoms with van der Waals surface area (Å²) in [5.41, 5.74) is 1.87. The molecule has 1 aromatic heterocycles. The fourth-order valence-electron chi connectivity index (χ4n) is 2.20. The first kappa shape index (κ1) is 15.7. The van der Waals surface area contributed by atoms with Crippen LogP contribution in [0.3, 0.4) is 0 Å². The van der Waals surface area contributed by atoms with Crippen molar-refractivity contribution in [3.05, 3.63) is 17.5 Å². The zero-order chi connectivity index (χ0) is 14.1. The number of aliphatic carboxylic acids is 1. The highest BCUT2D eigenvalue weighted by molar-refractivity contribution is 5.70. The van der Waals surface area contributed by atoms with Gasteiger partial charge >= 0.3 is 5.97 Å². The van der Waals surface area contributed by atoms with E-state index >= 15 is 0 Å². The molecule has 19 heavy (non-hydrogen) atoms. The molecule has 0 fully saturated rings. The van der Waals surface area contributed by atoms with Gasteiger partial charge in [-0.25, -0.2) is 0 Å². The molecule has 1 aromatic rings. The molecule has 0 unspecified atom stereocenters. The van der Waals surface area contributed by atoms with Crippen molar-refractivity contribution in [2.75, 3.05) is 0 Å². The zero-order valence-electron chi connectivity index (χ0n) is 12.2. The lowest BCUT2D eigenvalue weighted by atomic mass is 10.1.